The van der Waals surface area contributed by atoms with E-state index >= 15 is 0 Å². The summed E-state index contributed by atoms with van der Waals surface area (Å²) in [6, 6.07) is 6.32. The minimum Gasteiger partial charge on any atom is -0.488 e. The Labute approximate surface area is 216 Å². The molecule has 0 saturated carbocycles. The van der Waals surface area contributed by atoms with E-state index in [1.807, 2.05) is 0 Å². The molecule has 0 radical (unpaired) electrons. The molecule has 0 bridgehead atoms. The highest BCUT2D eigenvalue weighted by Crippen LogP contribution is 2.25. The fraction of sp³-hybridized carbons (Fsp3) is 0.640. The highest BCUT2D eigenvalue weighted by molar-refractivity contribution is 14.0. The highest BCUT2D eigenvalue weighted by atomic mass is 127. The van der Waals surface area contributed by atoms with E-state index < -0.39 is 0 Å². The first-order chi connectivity index (χ1) is 15.4. The number of aliphatic imine (C=N–C) groups is 1. The molecule has 1 aromatic carbocycles. The molecule has 2 aromatic rings. The van der Waals surface area contributed by atoms with Crippen LogP contribution >= 0.6 is 24.0 Å². The lowest BCUT2D eigenvalue weighted by atomic mass is 10.1. The van der Waals surface area contributed by atoms with Crippen molar-refractivity contribution >= 4 is 29.9 Å². The molecule has 0 saturated heterocycles. The van der Waals surface area contributed by atoms with Gasteiger partial charge in [-0.3, -0.25) is 0 Å². The smallest absolute Gasteiger partial charge is 0.191 e. The number of fused-ring (bicyclic) bond motifs is 1. The Morgan fingerprint density at radius 1 is 1.15 bits per heavy atom. The number of ether oxygens (including phenoxy) is 1. The van der Waals surface area contributed by atoms with Gasteiger partial charge < -0.3 is 19.9 Å². The molecule has 1 aromatic heterocycles. The topological polar surface area (TPSA) is 76.4 Å². The van der Waals surface area contributed by atoms with Crippen LogP contribution in [-0.4, -0.2) is 39.4 Å². The Balaban J connectivity index is 0.00000385. The molecule has 184 valence electrons. The maximum Gasteiger partial charge on any atom is 0.191 e. The maximum atomic E-state index is 6.17. The van der Waals surface area contributed by atoms with Gasteiger partial charge in [0.15, 0.2) is 5.96 Å². The molecule has 8 heteroatoms. The van der Waals surface area contributed by atoms with Crippen LogP contribution < -0.4 is 15.4 Å². The number of nitrogens with zero attached hydrogens (tertiary/aromatic N) is 4. The lowest BCUT2D eigenvalue weighted by Crippen LogP contribution is -2.38. The number of nitrogens with one attached hydrogen (secondary N) is 2. The van der Waals surface area contributed by atoms with Gasteiger partial charge in [0.05, 0.1) is 6.54 Å². The predicted molar refractivity (Wildman–Crippen MR) is 146 cm³/mol. The molecule has 2 N–H and O–H groups in total. The molecule has 0 aliphatic carbocycles. The van der Waals surface area contributed by atoms with E-state index in [4.69, 9.17) is 9.73 Å². The largest absolute Gasteiger partial charge is 0.488 e. The van der Waals surface area contributed by atoms with Crippen molar-refractivity contribution in [2.75, 3.05) is 13.1 Å². The number of rotatable bonds is 8. The van der Waals surface area contributed by atoms with Gasteiger partial charge in [-0.2, -0.15) is 0 Å². The molecule has 2 heterocycles. The van der Waals surface area contributed by atoms with Crippen LogP contribution in [0.1, 0.15) is 76.2 Å². The molecule has 0 atom stereocenters. The van der Waals surface area contributed by atoms with E-state index in [-0.39, 0.29) is 29.6 Å². The summed E-state index contributed by atoms with van der Waals surface area (Å²) in [5.41, 5.74) is 2.04. The van der Waals surface area contributed by atoms with Crippen LogP contribution in [0.3, 0.4) is 0 Å². The van der Waals surface area contributed by atoms with Gasteiger partial charge in [-0.25, -0.2) is 4.99 Å². The van der Waals surface area contributed by atoms with E-state index in [2.05, 4.69) is 78.2 Å². The lowest BCUT2D eigenvalue weighted by molar-refractivity contribution is 0.129. The zero-order valence-corrected chi connectivity index (χ0v) is 23.2. The Kier molecular flexibility index (Phi) is 10.9. The van der Waals surface area contributed by atoms with Crippen LogP contribution in [0.5, 0.6) is 5.75 Å². The summed E-state index contributed by atoms with van der Waals surface area (Å²) in [4.78, 5) is 4.80. The quantitative estimate of drug-likeness (QED) is 0.207. The van der Waals surface area contributed by atoms with Crippen LogP contribution in [0.2, 0.25) is 0 Å². The molecule has 7 nitrogen and oxygen atoms in total. The third-order valence-electron chi connectivity index (χ3n) is 5.45. The zero-order chi connectivity index (χ0) is 23.0. The summed E-state index contributed by atoms with van der Waals surface area (Å²) in [5.74, 6) is 4.01. The number of aryl methyl sites for hydroxylation is 3. The van der Waals surface area contributed by atoms with Gasteiger partial charge in [-0.05, 0) is 65.5 Å². The van der Waals surface area contributed by atoms with Gasteiger partial charge in [0, 0.05) is 38.0 Å². The molecular weight excluding hydrogens is 527 g/mol. The van der Waals surface area contributed by atoms with E-state index in [0.29, 0.717) is 6.54 Å². The first-order valence-corrected chi connectivity index (χ1v) is 12.1. The Morgan fingerprint density at radius 2 is 1.97 bits per heavy atom. The summed E-state index contributed by atoms with van der Waals surface area (Å²) >= 11 is 0. The molecule has 1 aliphatic rings. The van der Waals surface area contributed by atoms with Crippen molar-refractivity contribution in [1.29, 1.82) is 0 Å². The number of hydrogen-bond donors (Lipinski definition) is 2. The number of benzene rings is 1. The third kappa shape index (κ3) is 8.79. The minimum atomic E-state index is -0.241. The lowest BCUT2D eigenvalue weighted by Gasteiger charge is -2.23. The van der Waals surface area contributed by atoms with Crippen molar-refractivity contribution in [3.8, 4) is 5.75 Å². The van der Waals surface area contributed by atoms with Gasteiger partial charge >= 0.3 is 0 Å². The van der Waals surface area contributed by atoms with Crippen LogP contribution in [-0.2, 0) is 25.9 Å². The van der Waals surface area contributed by atoms with Gasteiger partial charge in [0.1, 0.15) is 23.0 Å². The van der Waals surface area contributed by atoms with Crippen molar-refractivity contribution in [3.63, 3.8) is 0 Å². The summed E-state index contributed by atoms with van der Waals surface area (Å²) in [5, 5.41) is 15.7. The number of aromatic nitrogens is 3. The average Bonchev–Trinajstić information content (AvgIpc) is 2.95. The Morgan fingerprint density at radius 3 is 2.73 bits per heavy atom. The number of halogens is 1. The first-order valence-electron chi connectivity index (χ1n) is 12.1. The van der Waals surface area contributed by atoms with Crippen LogP contribution in [0.15, 0.2) is 23.2 Å². The van der Waals surface area contributed by atoms with Gasteiger partial charge in [-0.15, -0.1) is 34.2 Å². The Hall–Kier alpha value is -1.84. The Bertz CT molecular complexity index is 903. The van der Waals surface area contributed by atoms with Gasteiger partial charge in [0.25, 0.3) is 0 Å². The van der Waals surface area contributed by atoms with Gasteiger partial charge in [0.2, 0.25) is 0 Å². The predicted octanol–water partition coefficient (Wildman–Crippen LogP) is 4.80. The molecule has 3 rings (SSSR count). The molecule has 0 unspecified atom stereocenters. The second kappa shape index (κ2) is 13.2. The maximum absolute atomic E-state index is 6.17. The summed E-state index contributed by atoms with van der Waals surface area (Å²) in [6.45, 7) is 13.7. The van der Waals surface area contributed by atoms with Crippen LogP contribution in [0.4, 0.5) is 0 Å². The van der Waals surface area contributed by atoms with Crippen molar-refractivity contribution in [2.45, 2.75) is 91.8 Å². The van der Waals surface area contributed by atoms with Crippen molar-refractivity contribution < 1.29 is 4.74 Å². The van der Waals surface area contributed by atoms with E-state index in [1.54, 1.807) is 0 Å². The van der Waals surface area contributed by atoms with Crippen molar-refractivity contribution in [2.24, 2.45) is 4.99 Å². The van der Waals surface area contributed by atoms with E-state index in [9.17, 15) is 0 Å². The summed E-state index contributed by atoms with van der Waals surface area (Å²) in [7, 11) is 0. The zero-order valence-electron chi connectivity index (χ0n) is 20.9. The number of hydrogen-bond acceptors (Lipinski definition) is 4. The monoisotopic (exact) mass is 568 g/mol. The molecule has 0 amide bonds. The fourth-order valence-corrected chi connectivity index (χ4v) is 3.91. The van der Waals surface area contributed by atoms with Crippen molar-refractivity contribution in [3.05, 3.63) is 41.0 Å². The standard InChI is InChI=1S/C25H40N6O.HI/c1-6-26-24(28-18-20-14-13-19(2)17-21(20)32-25(3,4)5)27-15-10-12-23-30-29-22-11-8-7-9-16-31(22)23;/h13-14,17H,6-12,15-16,18H2,1-5H3,(H2,26,27,28);1H. The molecule has 0 spiro atoms. The highest BCUT2D eigenvalue weighted by Gasteiger charge is 2.16. The number of guanidine groups is 1. The summed E-state index contributed by atoms with van der Waals surface area (Å²) < 4.78 is 8.51. The average molecular weight is 569 g/mol. The van der Waals surface area contributed by atoms with Crippen LogP contribution in [0, 0.1) is 6.92 Å². The fourth-order valence-electron chi connectivity index (χ4n) is 3.91. The third-order valence-corrected chi connectivity index (χ3v) is 5.45. The van der Waals surface area contributed by atoms with Crippen LogP contribution in [0.25, 0.3) is 0 Å². The molecular formula is C25H41IN6O. The SMILES string of the molecule is CCNC(=NCc1ccc(C)cc1OC(C)(C)C)NCCCc1nnc2n1CCCCC2.I. The van der Waals surface area contributed by atoms with E-state index in [0.717, 1.165) is 67.8 Å². The normalized spacial score (nSPS) is 14.2. The minimum absolute atomic E-state index is 0. The van der Waals surface area contributed by atoms with Crippen molar-refractivity contribution in [1.82, 2.24) is 25.4 Å². The second-order valence-electron chi connectivity index (χ2n) is 9.55. The second-order valence-corrected chi connectivity index (χ2v) is 9.55. The molecule has 1 aliphatic heterocycles. The molecule has 33 heavy (non-hydrogen) atoms. The molecule has 0 fully saturated rings. The van der Waals surface area contributed by atoms with Gasteiger partial charge in [-0.1, -0.05) is 18.6 Å². The first kappa shape index (κ1) is 27.4. The summed E-state index contributed by atoms with van der Waals surface area (Å²) in [6.07, 6.45) is 6.73. The van der Waals surface area contributed by atoms with E-state index in [1.165, 1.54) is 24.8 Å².